The van der Waals surface area contributed by atoms with E-state index in [9.17, 15) is 5.11 Å². The lowest BCUT2D eigenvalue weighted by Crippen LogP contribution is -2.38. The second-order valence-corrected chi connectivity index (χ2v) is 6.20. The zero-order valence-corrected chi connectivity index (χ0v) is 13.3. The summed E-state index contributed by atoms with van der Waals surface area (Å²) in [6.45, 7) is 0.478. The highest BCUT2D eigenvalue weighted by Gasteiger charge is 2.29. The van der Waals surface area contributed by atoms with Crippen LogP contribution in [-0.2, 0) is 0 Å². The molecule has 3 heterocycles. The number of nitrogens with one attached hydrogen (secondary N) is 1. The van der Waals surface area contributed by atoms with Gasteiger partial charge in [-0.15, -0.1) is 0 Å². The van der Waals surface area contributed by atoms with Gasteiger partial charge < -0.3 is 10.4 Å². The number of aromatic nitrogens is 6. The van der Waals surface area contributed by atoms with E-state index in [0.717, 1.165) is 31.1 Å². The van der Waals surface area contributed by atoms with Gasteiger partial charge in [-0.2, -0.15) is 9.78 Å². The first kappa shape index (κ1) is 14.9. The van der Waals surface area contributed by atoms with Gasteiger partial charge in [0.25, 0.3) is 5.95 Å². The molecular weight excluding hydrogens is 306 g/mol. The molecule has 2 N–H and O–H groups in total. The number of nitrogens with zero attached hydrogens (tertiary/aromatic N) is 6. The van der Waals surface area contributed by atoms with Gasteiger partial charge in [-0.1, -0.05) is 19.3 Å². The number of hydrogen-bond acceptors (Lipinski definition) is 7. The Kier molecular flexibility index (Phi) is 3.81. The van der Waals surface area contributed by atoms with Crippen LogP contribution in [0, 0.1) is 0 Å². The molecule has 1 aliphatic rings. The minimum absolute atomic E-state index is 0.461. The maximum absolute atomic E-state index is 10.6. The van der Waals surface area contributed by atoms with Crippen LogP contribution in [0.15, 0.2) is 31.0 Å². The minimum atomic E-state index is -0.659. The van der Waals surface area contributed by atoms with E-state index in [4.69, 9.17) is 0 Å². The van der Waals surface area contributed by atoms with E-state index in [0.29, 0.717) is 24.0 Å². The summed E-state index contributed by atoms with van der Waals surface area (Å²) in [5.41, 5.74) is -0.0250. The van der Waals surface area contributed by atoms with Crippen LogP contribution in [-0.4, -0.2) is 47.0 Å². The lowest BCUT2D eigenvalue weighted by molar-refractivity contribution is 0.0167. The molecule has 4 rings (SSSR count). The molecule has 0 amide bonds. The maximum atomic E-state index is 10.6. The molecule has 0 aromatic carbocycles. The molecule has 8 heteroatoms. The van der Waals surface area contributed by atoms with Crippen molar-refractivity contribution in [3.8, 4) is 5.95 Å². The number of rotatable bonds is 4. The van der Waals surface area contributed by atoms with Crippen molar-refractivity contribution < 1.29 is 5.11 Å². The van der Waals surface area contributed by atoms with Crippen LogP contribution >= 0.6 is 0 Å². The molecule has 24 heavy (non-hydrogen) atoms. The third-order valence-corrected chi connectivity index (χ3v) is 4.48. The summed E-state index contributed by atoms with van der Waals surface area (Å²) in [4.78, 5) is 17.0. The number of fused-ring (bicyclic) bond motifs is 1. The van der Waals surface area contributed by atoms with Gasteiger partial charge in [-0.25, -0.2) is 19.9 Å². The van der Waals surface area contributed by atoms with Crippen molar-refractivity contribution in [2.24, 2.45) is 0 Å². The van der Waals surface area contributed by atoms with Crippen molar-refractivity contribution in [3.63, 3.8) is 0 Å². The molecule has 124 valence electrons. The SMILES string of the molecule is OC1(CNc2ncnc3c2cnn3-c2ncccn2)CCCCC1. The van der Waals surface area contributed by atoms with E-state index in [-0.39, 0.29) is 0 Å². The van der Waals surface area contributed by atoms with Crippen LogP contribution in [0.4, 0.5) is 5.82 Å². The zero-order chi connectivity index (χ0) is 16.4. The highest BCUT2D eigenvalue weighted by atomic mass is 16.3. The third kappa shape index (κ3) is 2.80. The van der Waals surface area contributed by atoms with Crippen molar-refractivity contribution in [2.45, 2.75) is 37.7 Å². The van der Waals surface area contributed by atoms with E-state index in [1.165, 1.54) is 12.7 Å². The topological polar surface area (TPSA) is 102 Å². The molecule has 0 spiro atoms. The predicted molar refractivity (Wildman–Crippen MR) is 88.8 cm³/mol. The lowest BCUT2D eigenvalue weighted by Gasteiger charge is -2.32. The summed E-state index contributed by atoms with van der Waals surface area (Å²) in [5.74, 6) is 1.13. The van der Waals surface area contributed by atoms with Gasteiger partial charge in [-0.05, 0) is 18.9 Å². The lowest BCUT2D eigenvalue weighted by atomic mass is 9.85. The van der Waals surface area contributed by atoms with Crippen molar-refractivity contribution in [3.05, 3.63) is 31.0 Å². The van der Waals surface area contributed by atoms with Gasteiger partial charge in [0.15, 0.2) is 5.65 Å². The van der Waals surface area contributed by atoms with Gasteiger partial charge in [0, 0.05) is 18.9 Å². The quantitative estimate of drug-likeness (QED) is 0.753. The molecular formula is C16H19N7O. The Balaban J connectivity index is 1.62. The van der Waals surface area contributed by atoms with Crippen molar-refractivity contribution in [1.82, 2.24) is 29.7 Å². The highest BCUT2D eigenvalue weighted by Crippen LogP contribution is 2.29. The first-order valence-corrected chi connectivity index (χ1v) is 8.18. The Morgan fingerprint density at radius 3 is 2.67 bits per heavy atom. The third-order valence-electron chi connectivity index (χ3n) is 4.48. The van der Waals surface area contributed by atoms with Gasteiger partial charge >= 0.3 is 0 Å². The molecule has 0 radical (unpaired) electrons. The fraction of sp³-hybridized carbons (Fsp3) is 0.438. The van der Waals surface area contributed by atoms with E-state index in [2.05, 4.69) is 30.4 Å². The van der Waals surface area contributed by atoms with Crippen LogP contribution in [0.25, 0.3) is 17.0 Å². The molecule has 1 fully saturated rings. The number of anilines is 1. The van der Waals surface area contributed by atoms with Crippen LogP contribution in [0.2, 0.25) is 0 Å². The van der Waals surface area contributed by atoms with Gasteiger partial charge in [0.05, 0.1) is 17.2 Å². The first-order chi connectivity index (χ1) is 11.8. The number of aliphatic hydroxyl groups is 1. The zero-order valence-electron chi connectivity index (χ0n) is 13.3. The fourth-order valence-electron chi connectivity index (χ4n) is 3.17. The molecule has 0 aliphatic heterocycles. The van der Waals surface area contributed by atoms with Gasteiger partial charge in [-0.3, -0.25) is 0 Å². The normalized spacial score (nSPS) is 17.0. The van der Waals surface area contributed by atoms with E-state index in [1.54, 1.807) is 29.3 Å². The summed E-state index contributed by atoms with van der Waals surface area (Å²) >= 11 is 0. The van der Waals surface area contributed by atoms with E-state index in [1.807, 2.05) is 0 Å². The van der Waals surface area contributed by atoms with Gasteiger partial charge in [0.2, 0.25) is 0 Å². The largest absolute Gasteiger partial charge is 0.388 e. The summed E-state index contributed by atoms with van der Waals surface area (Å²) in [6.07, 6.45) is 11.5. The predicted octanol–water partition coefficient (Wildman–Crippen LogP) is 1.71. The Morgan fingerprint density at radius 1 is 1.08 bits per heavy atom. The Hall–Kier alpha value is -2.61. The Labute approximate surface area is 139 Å². The molecule has 0 bridgehead atoms. The monoisotopic (exact) mass is 325 g/mol. The van der Waals surface area contributed by atoms with E-state index < -0.39 is 5.60 Å². The summed E-state index contributed by atoms with van der Waals surface area (Å²) in [6, 6.07) is 1.75. The molecule has 0 saturated heterocycles. The van der Waals surface area contributed by atoms with Crippen molar-refractivity contribution in [2.75, 3.05) is 11.9 Å². The summed E-state index contributed by atoms with van der Waals surface area (Å²) < 4.78 is 1.58. The smallest absolute Gasteiger partial charge is 0.252 e. The molecule has 3 aromatic heterocycles. The molecule has 1 saturated carbocycles. The molecule has 0 unspecified atom stereocenters. The standard InChI is InChI=1S/C16H19N7O/c24-16(5-2-1-3-6-16)10-19-13-12-9-22-23(14(12)21-11-20-13)15-17-7-4-8-18-15/h4,7-9,11,24H,1-3,5-6,10H2,(H,19,20,21). The average molecular weight is 325 g/mol. The highest BCUT2D eigenvalue weighted by molar-refractivity contribution is 5.86. The maximum Gasteiger partial charge on any atom is 0.252 e. The Bertz CT molecular complexity index is 827. The fourth-order valence-corrected chi connectivity index (χ4v) is 3.17. The van der Waals surface area contributed by atoms with E-state index >= 15 is 0 Å². The summed E-state index contributed by atoms with van der Waals surface area (Å²) in [5, 5.41) is 19.0. The van der Waals surface area contributed by atoms with Crippen LogP contribution in [0.3, 0.4) is 0 Å². The van der Waals surface area contributed by atoms with Gasteiger partial charge in [0.1, 0.15) is 12.1 Å². The second-order valence-electron chi connectivity index (χ2n) is 6.20. The van der Waals surface area contributed by atoms with Crippen LogP contribution in [0.5, 0.6) is 0 Å². The van der Waals surface area contributed by atoms with Crippen LogP contribution in [0.1, 0.15) is 32.1 Å². The summed E-state index contributed by atoms with van der Waals surface area (Å²) in [7, 11) is 0. The molecule has 0 atom stereocenters. The average Bonchev–Trinajstić information content (AvgIpc) is 3.06. The second kappa shape index (κ2) is 6.12. The molecule has 3 aromatic rings. The van der Waals surface area contributed by atoms with Crippen LogP contribution < -0.4 is 5.32 Å². The first-order valence-electron chi connectivity index (χ1n) is 8.18. The van der Waals surface area contributed by atoms with Crippen molar-refractivity contribution in [1.29, 1.82) is 0 Å². The number of hydrogen-bond donors (Lipinski definition) is 2. The minimum Gasteiger partial charge on any atom is -0.388 e. The molecule has 8 nitrogen and oxygen atoms in total. The molecule has 1 aliphatic carbocycles. The van der Waals surface area contributed by atoms with Crippen molar-refractivity contribution >= 4 is 16.9 Å². The Morgan fingerprint density at radius 2 is 1.88 bits per heavy atom.